The molecule has 0 spiro atoms. The van der Waals surface area contributed by atoms with Crippen LogP contribution in [-0.4, -0.2) is 26.4 Å². The van der Waals surface area contributed by atoms with Gasteiger partial charge in [-0.2, -0.15) is 8.78 Å². The highest BCUT2D eigenvalue weighted by Gasteiger charge is 2.49. The number of nitrogens with one attached hydrogen (secondary N) is 1. The Kier molecular flexibility index (Phi) is 4.80. The van der Waals surface area contributed by atoms with Crippen molar-refractivity contribution in [2.75, 3.05) is 0 Å². The third-order valence-electron chi connectivity index (χ3n) is 5.59. The first-order valence-corrected chi connectivity index (χ1v) is 9.71. The molecule has 1 fully saturated rings. The smallest absolute Gasteiger partial charge is 0.319 e. The van der Waals surface area contributed by atoms with E-state index in [1.165, 1.54) is 6.07 Å². The summed E-state index contributed by atoms with van der Waals surface area (Å²) in [4.78, 5) is 31.0. The first-order valence-electron chi connectivity index (χ1n) is 9.71. The zero-order chi connectivity index (χ0) is 21.6. The summed E-state index contributed by atoms with van der Waals surface area (Å²) in [5, 5.41) is 2.71. The molecule has 2 aromatic carbocycles. The molecule has 156 valence electrons. The van der Waals surface area contributed by atoms with Crippen LogP contribution in [0.15, 0.2) is 48.5 Å². The lowest BCUT2D eigenvalue weighted by Crippen LogP contribution is -2.40. The topological polar surface area (TPSA) is 67.2 Å². The molecule has 8 heteroatoms. The molecule has 30 heavy (non-hydrogen) atoms. The van der Waals surface area contributed by atoms with Crippen LogP contribution in [0.1, 0.15) is 50.2 Å². The van der Waals surface area contributed by atoms with Gasteiger partial charge in [-0.3, -0.25) is 14.3 Å². The zero-order valence-corrected chi connectivity index (χ0v) is 16.9. The lowest BCUT2D eigenvalue weighted by Gasteiger charge is -2.23. The minimum Gasteiger partial charge on any atom is -0.319 e. The van der Waals surface area contributed by atoms with Gasteiger partial charge in [0.05, 0.1) is 17.6 Å². The third kappa shape index (κ3) is 3.12. The fourth-order valence-electron chi connectivity index (χ4n) is 3.80. The molecule has 0 saturated carbocycles. The molecular weight excluding hydrogens is 390 g/mol. The van der Waals surface area contributed by atoms with Crippen molar-refractivity contribution >= 4 is 23.0 Å². The van der Waals surface area contributed by atoms with Crippen LogP contribution in [0.5, 0.6) is 0 Å². The molecule has 0 aliphatic carbocycles. The maximum atomic E-state index is 13.7. The van der Waals surface area contributed by atoms with Crippen molar-refractivity contribution in [3.63, 3.8) is 0 Å². The monoisotopic (exact) mass is 412 g/mol. The third-order valence-corrected chi connectivity index (χ3v) is 5.59. The first-order chi connectivity index (χ1) is 14.2. The van der Waals surface area contributed by atoms with Crippen molar-refractivity contribution in [1.82, 2.24) is 19.8 Å². The Labute approximate surface area is 172 Å². The first kappa shape index (κ1) is 20.0. The average Bonchev–Trinajstić information content (AvgIpc) is 3.19. The SMILES string of the molecule is CC(C)c1ccc([C@@]2(C)NC(=O)N(Cc3nc4ccccc4n3C(F)F)C2=O)cc1. The van der Waals surface area contributed by atoms with Crippen LogP contribution in [0.25, 0.3) is 11.0 Å². The molecule has 2 heterocycles. The number of fused-ring (bicyclic) bond motifs is 1. The number of hydrogen-bond acceptors (Lipinski definition) is 3. The van der Waals surface area contributed by atoms with Crippen molar-refractivity contribution in [2.24, 2.45) is 0 Å². The number of urea groups is 1. The minimum atomic E-state index is -2.84. The van der Waals surface area contributed by atoms with Crippen molar-refractivity contribution in [2.45, 2.75) is 45.3 Å². The molecule has 0 bridgehead atoms. The molecule has 3 amide bonds. The molecule has 0 unspecified atom stereocenters. The molecule has 1 aliphatic heterocycles. The number of para-hydroxylation sites is 2. The number of carbonyl (C=O) groups is 2. The largest absolute Gasteiger partial charge is 0.325 e. The number of alkyl halides is 2. The summed E-state index contributed by atoms with van der Waals surface area (Å²) < 4.78 is 28.1. The Balaban J connectivity index is 1.67. The fraction of sp³-hybridized carbons (Fsp3) is 0.318. The van der Waals surface area contributed by atoms with Crippen molar-refractivity contribution in [3.8, 4) is 0 Å². The summed E-state index contributed by atoms with van der Waals surface area (Å²) in [6.07, 6.45) is 0. The van der Waals surface area contributed by atoms with Crippen LogP contribution in [-0.2, 0) is 16.9 Å². The molecule has 1 aliphatic rings. The number of rotatable bonds is 5. The number of nitrogens with zero attached hydrogens (tertiary/aromatic N) is 3. The summed E-state index contributed by atoms with van der Waals surface area (Å²) in [6.45, 7) is 2.56. The highest BCUT2D eigenvalue weighted by Crippen LogP contribution is 2.32. The number of aromatic nitrogens is 2. The van der Waals surface area contributed by atoms with Gasteiger partial charge in [0.15, 0.2) is 0 Å². The quantitative estimate of drug-likeness (QED) is 0.627. The van der Waals surface area contributed by atoms with E-state index in [-0.39, 0.29) is 17.9 Å². The molecule has 4 rings (SSSR count). The predicted octanol–water partition coefficient (Wildman–Crippen LogP) is 4.52. The number of carbonyl (C=O) groups excluding carboxylic acids is 2. The second-order valence-electron chi connectivity index (χ2n) is 7.89. The Bertz CT molecular complexity index is 1120. The summed E-state index contributed by atoms with van der Waals surface area (Å²) >= 11 is 0. The van der Waals surface area contributed by atoms with Crippen LogP contribution in [0, 0.1) is 0 Å². The van der Waals surface area contributed by atoms with Gasteiger partial charge in [-0.25, -0.2) is 9.78 Å². The Morgan fingerprint density at radius 2 is 1.73 bits per heavy atom. The van der Waals surface area contributed by atoms with E-state index in [0.717, 1.165) is 15.0 Å². The lowest BCUT2D eigenvalue weighted by molar-refractivity contribution is -0.131. The van der Waals surface area contributed by atoms with E-state index in [9.17, 15) is 18.4 Å². The lowest BCUT2D eigenvalue weighted by atomic mass is 9.90. The maximum Gasteiger partial charge on any atom is 0.325 e. The van der Waals surface area contributed by atoms with Gasteiger partial charge in [0, 0.05) is 0 Å². The van der Waals surface area contributed by atoms with Gasteiger partial charge < -0.3 is 5.32 Å². The van der Waals surface area contributed by atoms with Gasteiger partial charge in [0.25, 0.3) is 5.91 Å². The van der Waals surface area contributed by atoms with E-state index >= 15 is 0 Å². The normalized spacial score (nSPS) is 19.4. The predicted molar refractivity (Wildman–Crippen MR) is 108 cm³/mol. The van der Waals surface area contributed by atoms with E-state index < -0.39 is 24.0 Å². The summed E-state index contributed by atoms with van der Waals surface area (Å²) in [7, 11) is 0. The van der Waals surface area contributed by atoms with E-state index in [1.54, 1.807) is 25.1 Å². The van der Waals surface area contributed by atoms with Crippen LogP contribution >= 0.6 is 0 Å². The number of imide groups is 1. The second kappa shape index (κ2) is 7.19. The highest BCUT2D eigenvalue weighted by atomic mass is 19.3. The standard InChI is InChI=1S/C22H22F2N4O2/c1-13(2)14-8-10-15(11-9-14)22(3)19(29)27(21(30)26-22)12-18-25-16-6-4-5-7-17(16)28(18)20(23)24/h4-11,13,20H,12H2,1-3H3,(H,26,30)/t22-/m1/s1. The molecule has 3 aromatic rings. The number of hydrogen-bond donors (Lipinski definition) is 1. The van der Waals surface area contributed by atoms with Crippen molar-refractivity contribution < 1.29 is 18.4 Å². The van der Waals surface area contributed by atoms with Gasteiger partial charge >= 0.3 is 12.6 Å². The second-order valence-corrected chi connectivity index (χ2v) is 7.89. The van der Waals surface area contributed by atoms with E-state index in [4.69, 9.17) is 0 Å². The molecule has 1 atom stereocenters. The average molecular weight is 412 g/mol. The minimum absolute atomic E-state index is 0.0471. The van der Waals surface area contributed by atoms with Crippen LogP contribution in [0.3, 0.4) is 0 Å². The van der Waals surface area contributed by atoms with Gasteiger partial charge in [0.2, 0.25) is 0 Å². The number of amides is 3. The van der Waals surface area contributed by atoms with Crippen molar-refractivity contribution in [3.05, 3.63) is 65.5 Å². The number of imidazole rings is 1. The molecule has 1 saturated heterocycles. The number of benzene rings is 2. The van der Waals surface area contributed by atoms with Gasteiger partial charge in [-0.05, 0) is 36.1 Å². The Morgan fingerprint density at radius 3 is 2.37 bits per heavy atom. The van der Waals surface area contributed by atoms with Gasteiger partial charge in [-0.1, -0.05) is 50.2 Å². The zero-order valence-electron chi connectivity index (χ0n) is 16.9. The van der Waals surface area contributed by atoms with E-state index in [2.05, 4.69) is 24.1 Å². The van der Waals surface area contributed by atoms with Gasteiger partial charge in [-0.15, -0.1) is 0 Å². The molecular formula is C22H22F2N4O2. The molecule has 6 nitrogen and oxygen atoms in total. The fourth-order valence-corrected chi connectivity index (χ4v) is 3.80. The molecule has 1 aromatic heterocycles. The van der Waals surface area contributed by atoms with E-state index in [0.29, 0.717) is 17.0 Å². The Morgan fingerprint density at radius 1 is 1.07 bits per heavy atom. The summed E-state index contributed by atoms with van der Waals surface area (Å²) in [5.41, 5.74) is 1.11. The van der Waals surface area contributed by atoms with Gasteiger partial charge in [0.1, 0.15) is 11.4 Å². The summed E-state index contributed by atoms with van der Waals surface area (Å²) in [5.74, 6) is -0.216. The molecule has 0 radical (unpaired) electrons. The van der Waals surface area contributed by atoms with Crippen LogP contribution < -0.4 is 5.32 Å². The molecule has 1 N–H and O–H groups in total. The highest BCUT2D eigenvalue weighted by molar-refractivity contribution is 6.07. The number of halogens is 2. The van der Waals surface area contributed by atoms with Crippen molar-refractivity contribution in [1.29, 1.82) is 0 Å². The van der Waals surface area contributed by atoms with Crippen LogP contribution in [0.4, 0.5) is 13.6 Å². The van der Waals surface area contributed by atoms with Crippen LogP contribution in [0.2, 0.25) is 0 Å². The Hall–Kier alpha value is -3.29. The maximum absolute atomic E-state index is 13.7. The van der Waals surface area contributed by atoms with E-state index in [1.807, 2.05) is 24.3 Å². The summed E-state index contributed by atoms with van der Waals surface area (Å²) in [6, 6.07) is 13.3.